The van der Waals surface area contributed by atoms with Crippen molar-refractivity contribution in [2.45, 2.75) is 19.6 Å². The monoisotopic (exact) mass is 346 g/mol. The number of amides is 1. The largest absolute Gasteiger partial charge is 0.480 e. The highest BCUT2D eigenvalue weighted by Gasteiger charge is 2.18. The maximum atomic E-state index is 12.8. The fourth-order valence-corrected chi connectivity index (χ4v) is 2.03. The van der Waals surface area contributed by atoms with E-state index in [1.165, 1.54) is 31.2 Å². The van der Waals surface area contributed by atoms with E-state index in [-0.39, 0.29) is 29.4 Å². The highest BCUT2D eigenvalue weighted by atomic mass is 19.1. The first-order chi connectivity index (χ1) is 11.9. The molecule has 8 heteroatoms. The molecule has 0 aliphatic heterocycles. The number of nitro groups is 1. The topological polar surface area (TPSA) is 98.5 Å². The SMILES string of the molecule is C[C@H](Oc1ccc([N+](=O)[O-])cc1C=O)C(=O)NCc1ccc(F)cc1. The zero-order chi connectivity index (χ0) is 18.4. The van der Waals surface area contributed by atoms with Crippen LogP contribution >= 0.6 is 0 Å². The van der Waals surface area contributed by atoms with Crippen LogP contribution in [0.5, 0.6) is 5.75 Å². The third-order valence-corrected chi connectivity index (χ3v) is 3.38. The molecule has 7 nitrogen and oxygen atoms in total. The van der Waals surface area contributed by atoms with Gasteiger partial charge in [0.15, 0.2) is 12.4 Å². The minimum Gasteiger partial charge on any atom is -0.480 e. The van der Waals surface area contributed by atoms with Crippen molar-refractivity contribution < 1.29 is 23.6 Å². The molecule has 2 rings (SSSR count). The smallest absolute Gasteiger partial charge is 0.270 e. The van der Waals surface area contributed by atoms with Crippen molar-refractivity contribution in [1.82, 2.24) is 5.32 Å². The van der Waals surface area contributed by atoms with E-state index in [9.17, 15) is 24.1 Å². The molecule has 0 spiro atoms. The van der Waals surface area contributed by atoms with E-state index in [0.29, 0.717) is 11.8 Å². The van der Waals surface area contributed by atoms with Crippen LogP contribution in [0.1, 0.15) is 22.8 Å². The summed E-state index contributed by atoms with van der Waals surface area (Å²) in [5.74, 6) is -0.740. The van der Waals surface area contributed by atoms with Crippen LogP contribution in [0.15, 0.2) is 42.5 Å². The summed E-state index contributed by atoms with van der Waals surface area (Å²) in [5.41, 5.74) is 0.445. The number of nitro benzene ring substituents is 1. The molecule has 0 heterocycles. The first-order valence-corrected chi connectivity index (χ1v) is 7.33. The molecule has 0 aromatic heterocycles. The van der Waals surface area contributed by atoms with Crippen LogP contribution in [0.4, 0.5) is 10.1 Å². The number of aldehydes is 1. The molecule has 0 radical (unpaired) electrons. The Kier molecular flexibility index (Phi) is 5.78. The molecular formula is C17H15FN2O5. The number of hydrogen-bond acceptors (Lipinski definition) is 5. The van der Waals surface area contributed by atoms with Gasteiger partial charge in [0.2, 0.25) is 0 Å². The molecule has 2 aromatic carbocycles. The Morgan fingerprint density at radius 2 is 2.00 bits per heavy atom. The molecule has 25 heavy (non-hydrogen) atoms. The summed E-state index contributed by atoms with van der Waals surface area (Å²) in [5, 5.41) is 13.3. The molecule has 1 atom stereocenters. The molecule has 2 aromatic rings. The molecule has 0 aliphatic carbocycles. The standard InChI is InChI=1S/C17H15FN2O5/c1-11(17(22)19-9-12-2-4-14(18)5-3-12)25-16-7-6-15(20(23)24)8-13(16)10-21/h2-8,10-11H,9H2,1H3,(H,19,22)/t11-/m0/s1. The predicted molar refractivity (Wildman–Crippen MR) is 86.8 cm³/mol. The number of hydrogen-bond donors (Lipinski definition) is 1. The normalized spacial score (nSPS) is 11.4. The molecule has 0 fully saturated rings. The zero-order valence-electron chi connectivity index (χ0n) is 13.3. The molecule has 0 saturated carbocycles. The van der Waals surface area contributed by atoms with Gasteiger partial charge in [0.25, 0.3) is 11.6 Å². The third-order valence-electron chi connectivity index (χ3n) is 3.38. The number of rotatable bonds is 7. The second-order valence-electron chi connectivity index (χ2n) is 5.20. The van der Waals surface area contributed by atoms with E-state index >= 15 is 0 Å². The van der Waals surface area contributed by atoms with Gasteiger partial charge in [-0.1, -0.05) is 12.1 Å². The van der Waals surface area contributed by atoms with E-state index < -0.39 is 16.9 Å². The van der Waals surface area contributed by atoms with Crippen molar-refractivity contribution >= 4 is 17.9 Å². The van der Waals surface area contributed by atoms with E-state index in [4.69, 9.17) is 4.74 Å². The fourth-order valence-electron chi connectivity index (χ4n) is 2.03. The van der Waals surface area contributed by atoms with Gasteiger partial charge in [0, 0.05) is 18.7 Å². The van der Waals surface area contributed by atoms with Gasteiger partial charge >= 0.3 is 0 Å². The summed E-state index contributed by atoms with van der Waals surface area (Å²) >= 11 is 0. The second kappa shape index (κ2) is 8.00. The number of carbonyl (C=O) groups is 2. The molecule has 0 unspecified atom stereocenters. The second-order valence-corrected chi connectivity index (χ2v) is 5.20. The van der Waals surface area contributed by atoms with Crippen LogP contribution in [-0.2, 0) is 11.3 Å². The highest BCUT2D eigenvalue weighted by Crippen LogP contribution is 2.23. The van der Waals surface area contributed by atoms with Gasteiger partial charge in [-0.2, -0.15) is 0 Å². The molecule has 0 saturated heterocycles. The van der Waals surface area contributed by atoms with Crippen LogP contribution in [0.25, 0.3) is 0 Å². The summed E-state index contributed by atoms with van der Waals surface area (Å²) in [6.45, 7) is 1.67. The van der Waals surface area contributed by atoms with Crippen LogP contribution in [-0.4, -0.2) is 23.2 Å². The maximum absolute atomic E-state index is 12.8. The average Bonchev–Trinajstić information content (AvgIpc) is 2.61. The Morgan fingerprint density at radius 3 is 2.60 bits per heavy atom. The van der Waals surface area contributed by atoms with Gasteiger partial charge in [-0.3, -0.25) is 19.7 Å². The van der Waals surface area contributed by atoms with Gasteiger partial charge in [0.1, 0.15) is 11.6 Å². The molecular weight excluding hydrogens is 331 g/mol. The lowest BCUT2D eigenvalue weighted by Gasteiger charge is -2.16. The number of carbonyl (C=O) groups excluding carboxylic acids is 2. The van der Waals surface area contributed by atoms with E-state index in [1.54, 1.807) is 12.1 Å². The minimum atomic E-state index is -0.930. The van der Waals surface area contributed by atoms with Crippen molar-refractivity contribution in [3.05, 3.63) is 69.5 Å². The van der Waals surface area contributed by atoms with Crippen molar-refractivity contribution in [2.24, 2.45) is 0 Å². The molecule has 130 valence electrons. The summed E-state index contributed by atoms with van der Waals surface area (Å²) < 4.78 is 18.2. The van der Waals surface area contributed by atoms with Crippen LogP contribution in [0.2, 0.25) is 0 Å². The predicted octanol–water partition coefficient (Wildman–Crippen LogP) is 2.63. The Balaban J connectivity index is 1.99. The minimum absolute atomic E-state index is 0.0209. The first kappa shape index (κ1) is 18.1. The van der Waals surface area contributed by atoms with Gasteiger partial charge in [-0.15, -0.1) is 0 Å². The van der Waals surface area contributed by atoms with Crippen molar-refractivity contribution in [3.63, 3.8) is 0 Å². The van der Waals surface area contributed by atoms with E-state index in [0.717, 1.165) is 6.07 Å². The van der Waals surface area contributed by atoms with Gasteiger partial charge in [0.05, 0.1) is 10.5 Å². The van der Waals surface area contributed by atoms with Crippen LogP contribution in [0.3, 0.4) is 0 Å². The van der Waals surface area contributed by atoms with Crippen molar-refractivity contribution in [1.29, 1.82) is 0 Å². The lowest BCUT2D eigenvalue weighted by atomic mass is 10.2. The number of halogens is 1. The Morgan fingerprint density at radius 1 is 1.32 bits per heavy atom. The summed E-state index contributed by atoms with van der Waals surface area (Å²) in [7, 11) is 0. The van der Waals surface area contributed by atoms with E-state index in [1.807, 2.05) is 0 Å². The van der Waals surface area contributed by atoms with E-state index in [2.05, 4.69) is 5.32 Å². The lowest BCUT2D eigenvalue weighted by molar-refractivity contribution is -0.384. The number of ether oxygens (including phenoxy) is 1. The Hall–Kier alpha value is -3.29. The van der Waals surface area contributed by atoms with Gasteiger partial charge < -0.3 is 10.1 Å². The number of non-ortho nitro benzene ring substituents is 1. The van der Waals surface area contributed by atoms with Crippen LogP contribution in [0, 0.1) is 15.9 Å². The number of nitrogens with one attached hydrogen (secondary N) is 1. The fraction of sp³-hybridized carbons (Fsp3) is 0.176. The summed E-state index contributed by atoms with van der Waals surface area (Å²) in [6.07, 6.45) is -0.508. The highest BCUT2D eigenvalue weighted by molar-refractivity contribution is 5.83. The average molecular weight is 346 g/mol. The zero-order valence-corrected chi connectivity index (χ0v) is 13.3. The Labute approximate surface area is 142 Å². The van der Waals surface area contributed by atoms with Crippen LogP contribution < -0.4 is 10.1 Å². The van der Waals surface area contributed by atoms with Crippen molar-refractivity contribution in [2.75, 3.05) is 0 Å². The third kappa shape index (κ3) is 4.84. The summed E-state index contributed by atoms with van der Waals surface area (Å²) in [6, 6.07) is 9.19. The van der Waals surface area contributed by atoms with Gasteiger partial charge in [-0.05, 0) is 30.7 Å². The lowest BCUT2D eigenvalue weighted by Crippen LogP contribution is -2.36. The molecule has 0 bridgehead atoms. The Bertz CT molecular complexity index is 792. The molecule has 0 aliphatic rings. The number of benzene rings is 2. The first-order valence-electron chi connectivity index (χ1n) is 7.33. The number of nitrogens with zero attached hydrogens (tertiary/aromatic N) is 1. The maximum Gasteiger partial charge on any atom is 0.270 e. The summed E-state index contributed by atoms with van der Waals surface area (Å²) in [4.78, 5) is 33.2. The molecule has 1 N–H and O–H groups in total. The molecule has 1 amide bonds. The van der Waals surface area contributed by atoms with Crippen molar-refractivity contribution in [3.8, 4) is 5.75 Å². The quantitative estimate of drug-likeness (QED) is 0.472. The van der Waals surface area contributed by atoms with Gasteiger partial charge in [-0.25, -0.2) is 4.39 Å².